The fraction of sp³-hybridized carbons (Fsp3) is 1.00. The van der Waals surface area contributed by atoms with Crippen LogP contribution in [-0.4, -0.2) is 31.1 Å². The molecule has 2 atom stereocenters. The average Bonchev–Trinajstić information content (AvgIpc) is 1.82. The van der Waals surface area contributed by atoms with Crippen LogP contribution < -0.4 is 5.73 Å². The monoisotopic (exact) mass is 142 g/mol. The van der Waals surface area contributed by atoms with E-state index in [0.717, 1.165) is 6.42 Å². The Morgan fingerprint density at radius 3 is 2.00 bits per heavy atom. The second-order valence-corrected chi connectivity index (χ2v) is 4.14. The van der Waals surface area contributed by atoms with Gasteiger partial charge in [-0.1, -0.05) is 13.8 Å². The molecule has 2 heteroatoms. The molecule has 0 radical (unpaired) electrons. The summed E-state index contributed by atoms with van der Waals surface area (Å²) in [5.41, 5.74) is 6.18. The number of nitrogens with two attached hydrogens (primary N) is 1. The van der Waals surface area contributed by atoms with Crippen LogP contribution in [0.1, 0.15) is 20.3 Å². The molecule has 0 saturated heterocycles. The highest BCUT2D eigenvalue weighted by molar-refractivity contribution is 5.03. The van der Waals surface area contributed by atoms with Gasteiger partial charge in [-0.25, -0.2) is 0 Å². The molecule has 1 fully saturated rings. The van der Waals surface area contributed by atoms with Gasteiger partial charge in [0, 0.05) is 12.1 Å². The third kappa shape index (κ3) is 0.956. The summed E-state index contributed by atoms with van der Waals surface area (Å²) < 4.78 is 0. The van der Waals surface area contributed by atoms with E-state index in [2.05, 4.69) is 32.8 Å². The fourth-order valence-corrected chi connectivity index (χ4v) is 1.81. The van der Waals surface area contributed by atoms with Gasteiger partial charge in [-0.3, -0.25) is 0 Å². The molecular weight excluding hydrogens is 124 g/mol. The van der Waals surface area contributed by atoms with Gasteiger partial charge in [0.15, 0.2) is 0 Å². The van der Waals surface area contributed by atoms with Gasteiger partial charge in [-0.2, -0.15) is 0 Å². The van der Waals surface area contributed by atoms with E-state index in [9.17, 15) is 0 Å². The topological polar surface area (TPSA) is 29.3 Å². The lowest BCUT2D eigenvalue weighted by Gasteiger charge is -2.53. The molecule has 0 unspecified atom stereocenters. The van der Waals surface area contributed by atoms with Gasteiger partial charge >= 0.3 is 0 Å². The summed E-state index contributed by atoms with van der Waals surface area (Å²) in [6, 6.07) is 1.09. The lowest BCUT2D eigenvalue weighted by molar-refractivity contribution is 0.00547. The molecule has 2 N–H and O–H groups in total. The Morgan fingerprint density at radius 2 is 1.90 bits per heavy atom. The van der Waals surface area contributed by atoms with Crippen LogP contribution in [0.5, 0.6) is 0 Å². The first kappa shape index (κ1) is 8.02. The highest BCUT2D eigenvalue weighted by Gasteiger charge is 2.46. The van der Waals surface area contributed by atoms with Gasteiger partial charge in [-0.15, -0.1) is 0 Å². The molecule has 0 aromatic carbocycles. The highest BCUT2D eigenvalue weighted by atomic mass is 15.1. The standard InChI is InChI=1S/C8H18N2/c1-8(2)6(9)5-7(8)10(3)4/h6-7H,5,9H2,1-4H3/t6-,7+/m1/s1. The Labute approximate surface area is 63.4 Å². The van der Waals surface area contributed by atoms with Gasteiger partial charge in [0.2, 0.25) is 0 Å². The summed E-state index contributed by atoms with van der Waals surface area (Å²) in [7, 11) is 4.25. The summed E-state index contributed by atoms with van der Waals surface area (Å²) >= 11 is 0. The van der Waals surface area contributed by atoms with Crippen molar-refractivity contribution >= 4 is 0 Å². The van der Waals surface area contributed by atoms with Crippen molar-refractivity contribution in [3.63, 3.8) is 0 Å². The second-order valence-electron chi connectivity index (χ2n) is 4.14. The summed E-state index contributed by atoms with van der Waals surface area (Å²) in [6.45, 7) is 4.48. The lowest BCUT2D eigenvalue weighted by Crippen LogP contribution is -2.62. The van der Waals surface area contributed by atoms with Gasteiger partial charge in [0.1, 0.15) is 0 Å². The van der Waals surface area contributed by atoms with Crippen molar-refractivity contribution in [2.75, 3.05) is 14.1 Å². The average molecular weight is 142 g/mol. The largest absolute Gasteiger partial charge is 0.327 e. The van der Waals surface area contributed by atoms with Crippen LogP contribution in [0, 0.1) is 5.41 Å². The van der Waals surface area contributed by atoms with Crippen LogP contribution in [0.2, 0.25) is 0 Å². The summed E-state index contributed by atoms with van der Waals surface area (Å²) in [5.74, 6) is 0. The minimum absolute atomic E-state index is 0.323. The Hall–Kier alpha value is -0.0800. The molecule has 1 rings (SSSR count). The first-order chi connectivity index (χ1) is 4.46. The van der Waals surface area contributed by atoms with Crippen LogP contribution >= 0.6 is 0 Å². The van der Waals surface area contributed by atoms with Crippen molar-refractivity contribution in [2.45, 2.75) is 32.4 Å². The molecule has 0 spiro atoms. The predicted molar refractivity (Wildman–Crippen MR) is 43.8 cm³/mol. The SMILES string of the molecule is CN(C)[C@H]1C[C@@H](N)C1(C)C. The molecule has 1 aliphatic carbocycles. The van der Waals surface area contributed by atoms with Gasteiger partial charge in [0.05, 0.1) is 0 Å². The molecular formula is C8H18N2. The molecule has 0 aromatic heterocycles. The molecule has 0 heterocycles. The van der Waals surface area contributed by atoms with Crippen molar-refractivity contribution in [3.8, 4) is 0 Å². The molecule has 1 aliphatic rings. The van der Waals surface area contributed by atoms with Crippen LogP contribution in [0.15, 0.2) is 0 Å². The molecule has 1 saturated carbocycles. The third-order valence-corrected chi connectivity index (χ3v) is 2.92. The molecule has 0 amide bonds. The van der Waals surface area contributed by atoms with E-state index >= 15 is 0 Å². The predicted octanol–water partition coefficient (Wildman–Crippen LogP) is 0.674. The third-order valence-electron chi connectivity index (χ3n) is 2.92. The fourth-order valence-electron chi connectivity index (χ4n) is 1.81. The minimum Gasteiger partial charge on any atom is -0.327 e. The highest BCUT2D eigenvalue weighted by Crippen LogP contribution is 2.41. The summed E-state index contributed by atoms with van der Waals surface area (Å²) in [5, 5.41) is 0. The zero-order valence-corrected chi connectivity index (χ0v) is 7.39. The first-order valence-corrected chi connectivity index (χ1v) is 3.88. The minimum atomic E-state index is 0.323. The second kappa shape index (κ2) is 2.21. The number of hydrogen-bond donors (Lipinski definition) is 1. The number of hydrogen-bond acceptors (Lipinski definition) is 2. The van der Waals surface area contributed by atoms with Gasteiger partial charge in [0.25, 0.3) is 0 Å². The smallest absolute Gasteiger partial charge is 0.0170 e. The molecule has 0 aromatic rings. The van der Waals surface area contributed by atoms with Gasteiger partial charge < -0.3 is 10.6 Å². The van der Waals surface area contributed by atoms with E-state index in [-0.39, 0.29) is 0 Å². The van der Waals surface area contributed by atoms with Crippen molar-refractivity contribution in [3.05, 3.63) is 0 Å². The van der Waals surface area contributed by atoms with E-state index in [1.807, 2.05) is 0 Å². The van der Waals surface area contributed by atoms with Crippen LogP contribution in [0.3, 0.4) is 0 Å². The van der Waals surface area contributed by atoms with Crippen LogP contribution in [0.4, 0.5) is 0 Å². The van der Waals surface area contributed by atoms with E-state index in [1.54, 1.807) is 0 Å². The van der Waals surface area contributed by atoms with E-state index < -0.39 is 0 Å². The Morgan fingerprint density at radius 1 is 1.40 bits per heavy atom. The maximum absolute atomic E-state index is 5.86. The molecule has 10 heavy (non-hydrogen) atoms. The zero-order chi connectivity index (χ0) is 7.94. The van der Waals surface area contributed by atoms with Crippen molar-refractivity contribution in [2.24, 2.45) is 11.1 Å². The van der Waals surface area contributed by atoms with Crippen molar-refractivity contribution < 1.29 is 0 Å². The van der Waals surface area contributed by atoms with Crippen molar-refractivity contribution in [1.29, 1.82) is 0 Å². The van der Waals surface area contributed by atoms with Crippen LogP contribution in [-0.2, 0) is 0 Å². The Balaban J connectivity index is 2.55. The maximum atomic E-state index is 5.86. The molecule has 0 aliphatic heterocycles. The van der Waals surface area contributed by atoms with Crippen molar-refractivity contribution in [1.82, 2.24) is 4.90 Å². The lowest BCUT2D eigenvalue weighted by atomic mass is 9.63. The zero-order valence-electron chi connectivity index (χ0n) is 7.39. The quantitative estimate of drug-likeness (QED) is 0.583. The molecule has 2 nitrogen and oxygen atoms in total. The van der Waals surface area contributed by atoms with E-state index in [4.69, 9.17) is 5.73 Å². The summed E-state index contributed by atoms with van der Waals surface area (Å²) in [6.07, 6.45) is 1.15. The molecule has 60 valence electrons. The molecule has 0 bridgehead atoms. The maximum Gasteiger partial charge on any atom is 0.0170 e. The number of nitrogens with zero attached hydrogens (tertiary/aromatic N) is 1. The Bertz CT molecular complexity index is 129. The first-order valence-electron chi connectivity index (χ1n) is 3.88. The van der Waals surface area contributed by atoms with Crippen LogP contribution in [0.25, 0.3) is 0 Å². The van der Waals surface area contributed by atoms with E-state index in [1.165, 1.54) is 0 Å². The van der Waals surface area contributed by atoms with Gasteiger partial charge in [-0.05, 0) is 25.9 Å². The summed E-state index contributed by atoms with van der Waals surface area (Å²) in [4.78, 5) is 2.27. The van der Waals surface area contributed by atoms with E-state index in [0.29, 0.717) is 17.5 Å². The number of rotatable bonds is 1. The Kier molecular flexibility index (Phi) is 1.77. The normalized spacial score (nSPS) is 37.8.